The van der Waals surface area contributed by atoms with Crippen molar-refractivity contribution in [2.24, 2.45) is 10.9 Å². The lowest BCUT2D eigenvalue weighted by atomic mass is 10.2. The van der Waals surface area contributed by atoms with E-state index in [1.54, 1.807) is 6.07 Å². The highest BCUT2D eigenvalue weighted by Crippen LogP contribution is 2.12. The Kier molecular flexibility index (Phi) is 4.44. The van der Waals surface area contributed by atoms with Gasteiger partial charge in [-0.05, 0) is 25.5 Å². The number of rotatable bonds is 5. The summed E-state index contributed by atoms with van der Waals surface area (Å²) < 4.78 is 22.1. The molecule has 1 aromatic rings. The number of nitrogens with zero attached hydrogens (tertiary/aromatic N) is 2. The van der Waals surface area contributed by atoms with E-state index in [1.165, 1.54) is 12.3 Å². The average Bonchev–Trinajstić information content (AvgIpc) is 2.25. The van der Waals surface area contributed by atoms with E-state index in [2.05, 4.69) is 4.98 Å². The summed E-state index contributed by atoms with van der Waals surface area (Å²) in [7, 11) is -1.80. The molecule has 0 spiro atoms. The first-order valence-electron chi connectivity index (χ1n) is 5.26. The lowest BCUT2D eigenvalue weighted by Crippen LogP contribution is -2.26. The zero-order chi connectivity index (χ0) is 13.1. The lowest BCUT2D eigenvalue weighted by molar-refractivity contribution is 0.597. The third-order valence-corrected chi connectivity index (χ3v) is 3.26. The van der Waals surface area contributed by atoms with Gasteiger partial charge in [0.15, 0.2) is 0 Å². The van der Waals surface area contributed by atoms with Gasteiger partial charge in [0.1, 0.15) is 10.7 Å². The van der Waals surface area contributed by atoms with E-state index >= 15 is 0 Å². The minimum Gasteiger partial charge on any atom is -0.360 e. The first-order chi connectivity index (χ1) is 7.80. The number of pyridine rings is 1. The molecule has 1 aromatic heterocycles. The van der Waals surface area contributed by atoms with Crippen molar-refractivity contribution in [3.63, 3.8) is 0 Å². The van der Waals surface area contributed by atoms with Gasteiger partial charge in [-0.3, -0.25) is 0 Å². The molecule has 0 fully saturated rings. The summed E-state index contributed by atoms with van der Waals surface area (Å²) >= 11 is 0. The monoisotopic (exact) mass is 258 g/mol. The molecule has 0 saturated carbocycles. The first kappa shape index (κ1) is 13.9. The molecule has 1 heterocycles. The maximum atomic E-state index is 11.0. The van der Waals surface area contributed by atoms with Gasteiger partial charge in [-0.2, -0.15) is 0 Å². The fourth-order valence-corrected chi connectivity index (χ4v) is 1.74. The largest absolute Gasteiger partial charge is 0.360 e. The van der Waals surface area contributed by atoms with E-state index in [9.17, 15) is 8.42 Å². The lowest BCUT2D eigenvalue weighted by Gasteiger charge is -2.19. The van der Waals surface area contributed by atoms with Gasteiger partial charge in [0.25, 0.3) is 0 Å². The van der Waals surface area contributed by atoms with Gasteiger partial charge in [0, 0.05) is 25.8 Å². The van der Waals surface area contributed by atoms with Gasteiger partial charge in [-0.25, -0.2) is 18.5 Å². The Balaban J connectivity index is 2.74. The Morgan fingerprint density at radius 1 is 1.47 bits per heavy atom. The minimum atomic E-state index is -3.67. The molecular formula is C10H18N4O2S. The molecule has 1 rings (SSSR count). The zero-order valence-corrected chi connectivity index (χ0v) is 10.8. The van der Waals surface area contributed by atoms with Crippen molar-refractivity contribution in [3.8, 4) is 0 Å². The van der Waals surface area contributed by atoms with Crippen LogP contribution in [0.2, 0.25) is 0 Å². The molecule has 4 N–H and O–H groups in total. The highest BCUT2D eigenvalue weighted by atomic mass is 32.2. The van der Waals surface area contributed by atoms with Crippen LogP contribution in [0.5, 0.6) is 0 Å². The van der Waals surface area contributed by atoms with Crippen LogP contribution in [0, 0.1) is 0 Å². The van der Waals surface area contributed by atoms with Crippen molar-refractivity contribution < 1.29 is 8.42 Å². The van der Waals surface area contributed by atoms with Gasteiger partial charge in [0.2, 0.25) is 10.0 Å². The van der Waals surface area contributed by atoms with Gasteiger partial charge >= 0.3 is 0 Å². The van der Waals surface area contributed by atoms with Crippen molar-refractivity contribution in [2.75, 3.05) is 18.5 Å². The Labute approximate surface area is 102 Å². The SMILES string of the molecule is CC(N)CCN(C)c1ccc(S(N)(=O)=O)cn1. The van der Waals surface area contributed by atoms with Crippen LogP contribution < -0.4 is 15.8 Å². The molecular weight excluding hydrogens is 240 g/mol. The van der Waals surface area contributed by atoms with Crippen molar-refractivity contribution in [1.82, 2.24) is 4.98 Å². The van der Waals surface area contributed by atoms with Crippen molar-refractivity contribution in [3.05, 3.63) is 18.3 Å². The van der Waals surface area contributed by atoms with Gasteiger partial charge in [-0.15, -0.1) is 0 Å². The van der Waals surface area contributed by atoms with E-state index < -0.39 is 10.0 Å². The molecule has 0 aliphatic carbocycles. The second-order valence-electron chi connectivity index (χ2n) is 4.08. The summed E-state index contributed by atoms with van der Waals surface area (Å²) in [5, 5.41) is 4.98. The Bertz CT molecular complexity index is 456. The van der Waals surface area contributed by atoms with E-state index in [1.807, 2.05) is 18.9 Å². The van der Waals surface area contributed by atoms with Crippen molar-refractivity contribution in [2.45, 2.75) is 24.3 Å². The van der Waals surface area contributed by atoms with Crippen LogP contribution in [0.1, 0.15) is 13.3 Å². The van der Waals surface area contributed by atoms with Crippen LogP contribution in [0.15, 0.2) is 23.2 Å². The molecule has 1 unspecified atom stereocenters. The van der Waals surface area contributed by atoms with Gasteiger partial charge in [0.05, 0.1) is 0 Å². The van der Waals surface area contributed by atoms with Gasteiger partial charge < -0.3 is 10.6 Å². The van der Waals surface area contributed by atoms with Crippen molar-refractivity contribution >= 4 is 15.8 Å². The number of hydrogen-bond acceptors (Lipinski definition) is 5. The predicted molar refractivity (Wildman–Crippen MR) is 67.1 cm³/mol. The standard InChI is InChI=1S/C10H18N4O2S/c1-8(11)5-6-14(2)10-4-3-9(7-13-10)17(12,15)16/h3-4,7-8H,5-6,11H2,1-2H3,(H2,12,15,16). The smallest absolute Gasteiger partial charge is 0.239 e. The summed E-state index contributed by atoms with van der Waals surface area (Å²) in [5.41, 5.74) is 5.66. The molecule has 0 bridgehead atoms. The molecule has 0 radical (unpaired) electrons. The second-order valence-corrected chi connectivity index (χ2v) is 5.65. The van der Waals surface area contributed by atoms with Crippen LogP contribution in [-0.2, 0) is 10.0 Å². The minimum absolute atomic E-state index is 0.0156. The molecule has 0 aliphatic rings. The number of anilines is 1. The molecule has 1 atom stereocenters. The molecule has 0 aromatic carbocycles. The third-order valence-electron chi connectivity index (χ3n) is 2.36. The molecule has 0 aliphatic heterocycles. The normalized spacial score (nSPS) is 13.4. The van der Waals surface area contributed by atoms with Gasteiger partial charge in [-0.1, -0.05) is 0 Å². The summed E-state index contributed by atoms with van der Waals surface area (Å²) in [6.45, 7) is 2.70. The van der Waals surface area contributed by atoms with Crippen molar-refractivity contribution in [1.29, 1.82) is 0 Å². The Morgan fingerprint density at radius 2 is 2.12 bits per heavy atom. The van der Waals surface area contributed by atoms with E-state index in [-0.39, 0.29) is 10.9 Å². The summed E-state index contributed by atoms with van der Waals surface area (Å²) in [5.74, 6) is 0.693. The van der Waals surface area contributed by atoms with Crippen LogP contribution in [0.25, 0.3) is 0 Å². The van der Waals surface area contributed by atoms with Crippen LogP contribution in [0.3, 0.4) is 0 Å². The maximum absolute atomic E-state index is 11.0. The molecule has 7 heteroatoms. The van der Waals surface area contributed by atoms with Crippen LogP contribution in [0.4, 0.5) is 5.82 Å². The Hall–Kier alpha value is -1.18. The quantitative estimate of drug-likeness (QED) is 0.768. The number of nitrogens with two attached hydrogens (primary N) is 2. The fourth-order valence-electron chi connectivity index (χ4n) is 1.28. The van der Waals surface area contributed by atoms with Crippen LogP contribution >= 0.6 is 0 Å². The molecule has 17 heavy (non-hydrogen) atoms. The maximum Gasteiger partial charge on any atom is 0.239 e. The summed E-state index contributed by atoms with van der Waals surface area (Å²) in [6, 6.07) is 3.20. The number of hydrogen-bond donors (Lipinski definition) is 2. The highest BCUT2D eigenvalue weighted by molar-refractivity contribution is 7.89. The number of primary sulfonamides is 1. The molecule has 6 nitrogen and oxygen atoms in total. The average molecular weight is 258 g/mol. The summed E-state index contributed by atoms with van der Waals surface area (Å²) in [4.78, 5) is 5.98. The fraction of sp³-hybridized carbons (Fsp3) is 0.500. The van der Waals surface area contributed by atoms with E-state index in [0.717, 1.165) is 13.0 Å². The number of aromatic nitrogens is 1. The van der Waals surface area contributed by atoms with Crippen LogP contribution in [-0.4, -0.2) is 33.0 Å². The predicted octanol–water partition coefficient (Wildman–Crippen LogP) is -0.0975. The molecule has 0 saturated heterocycles. The molecule has 0 amide bonds. The highest BCUT2D eigenvalue weighted by Gasteiger charge is 2.09. The topological polar surface area (TPSA) is 102 Å². The summed E-state index contributed by atoms with van der Waals surface area (Å²) in [6.07, 6.45) is 2.10. The van der Waals surface area contributed by atoms with E-state index in [4.69, 9.17) is 10.9 Å². The molecule has 96 valence electrons. The number of sulfonamides is 1. The van der Waals surface area contributed by atoms with E-state index in [0.29, 0.717) is 5.82 Å². The first-order valence-corrected chi connectivity index (χ1v) is 6.81. The zero-order valence-electron chi connectivity index (χ0n) is 10.00. The second kappa shape index (κ2) is 5.44. The third kappa shape index (κ3) is 4.29. The Morgan fingerprint density at radius 3 is 2.53 bits per heavy atom.